The van der Waals surface area contributed by atoms with Crippen LogP contribution in [0.1, 0.15) is 40.3 Å². The maximum atomic E-state index is 11.0. The lowest BCUT2D eigenvalue weighted by Gasteiger charge is -2.19. The molecule has 282 valence electrons. The van der Waals surface area contributed by atoms with Gasteiger partial charge in [0.15, 0.2) is 0 Å². The van der Waals surface area contributed by atoms with E-state index in [1.165, 1.54) is 0 Å². The number of aromatic nitrogens is 2. The van der Waals surface area contributed by atoms with Crippen molar-refractivity contribution in [3.63, 3.8) is 0 Å². The summed E-state index contributed by atoms with van der Waals surface area (Å²) in [6, 6.07) is 53.8. The van der Waals surface area contributed by atoms with Crippen molar-refractivity contribution < 1.29 is 0 Å². The van der Waals surface area contributed by atoms with Gasteiger partial charge in [-0.3, -0.25) is 4.99 Å². The molecule has 0 aliphatic carbocycles. The molecule has 61 heavy (non-hydrogen) atoms. The van der Waals surface area contributed by atoms with Gasteiger partial charge >= 0.3 is 0 Å². The Kier molecular flexibility index (Phi) is 9.33. The van der Waals surface area contributed by atoms with Gasteiger partial charge in [0, 0.05) is 39.5 Å². The second-order valence-electron chi connectivity index (χ2n) is 14.4. The van der Waals surface area contributed by atoms with E-state index in [4.69, 9.17) is 0 Å². The van der Waals surface area contributed by atoms with Crippen molar-refractivity contribution in [2.24, 2.45) is 4.99 Å². The quantitative estimate of drug-likeness (QED) is 0.117. The van der Waals surface area contributed by atoms with Crippen molar-refractivity contribution in [1.82, 2.24) is 9.13 Å². The monoisotopic (exact) mass is 778 g/mol. The molecule has 0 atom stereocenters. The smallest absolute Gasteiger partial charge is 0.101 e. The average molecular weight is 779 g/mol. The Balaban J connectivity index is 1.30. The predicted octanol–water partition coefficient (Wildman–Crippen LogP) is 12.2. The first-order valence-corrected chi connectivity index (χ1v) is 19.3. The zero-order valence-electron chi connectivity index (χ0n) is 32.7. The van der Waals surface area contributed by atoms with Gasteiger partial charge in [0.2, 0.25) is 0 Å². The standard InChI is InChI=1S/C53H30N8/c1-3-59-21-20-33(2)45-27-52(60-48-10-6-4-8-43(48)46-24-36(14-18-50(46)60)41-16-12-34(28-54)22-38(41)30-56)40(32-58)26-53(45)61-49-11-7-5-9-44(49)47-25-37(15-19-51(47)61)42-17-13-35(29-55)23-39(42)31-57/h3-27H,2H2,1H3/b21-20-,59-3-. The zero-order chi connectivity index (χ0) is 42.2. The first-order chi connectivity index (χ1) is 29.9. The summed E-state index contributed by atoms with van der Waals surface area (Å²) in [6.45, 7) is 6.37. The molecular formula is C53H30N8. The highest BCUT2D eigenvalue weighted by Crippen LogP contribution is 2.41. The number of aliphatic imine (C=N–C) groups is 1. The third-order valence-electron chi connectivity index (χ3n) is 11.1. The lowest BCUT2D eigenvalue weighted by Crippen LogP contribution is -2.05. The largest absolute Gasteiger partial charge is 0.309 e. The van der Waals surface area contributed by atoms with Crippen molar-refractivity contribution >= 4 is 55.4 Å². The second-order valence-corrected chi connectivity index (χ2v) is 14.4. The molecule has 0 fully saturated rings. The minimum absolute atomic E-state index is 0.413. The molecule has 0 amide bonds. The Morgan fingerprint density at radius 3 is 1.49 bits per heavy atom. The summed E-state index contributed by atoms with van der Waals surface area (Å²) in [4.78, 5) is 4.33. The number of nitriles is 5. The lowest BCUT2D eigenvalue weighted by atomic mass is 9.97. The summed E-state index contributed by atoms with van der Waals surface area (Å²) in [5.41, 5.74) is 11.7. The first-order valence-electron chi connectivity index (χ1n) is 19.3. The molecule has 0 radical (unpaired) electrons. The summed E-state index contributed by atoms with van der Waals surface area (Å²) in [5.74, 6) is 0. The fourth-order valence-electron chi connectivity index (χ4n) is 8.32. The van der Waals surface area contributed by atoms with Crippen LogP contribution in [0, 0.1) is 56.7 Å². The van der Waals surface area contributed by atoms with Gasteiger partial charge in [0.05, 0.1) is 85.5 Å². The fraction of sp³-hybridized carbons (Fsp3) is 0.0189. The molecule has 0 spiro atoms. The summed E-state index contributed by atoms with van der Waals surface area (Å²) in [5, 5.41) is 53.8. The van der Waals surface area contributed by atoms with Crippen LogP contribution in [0.15, 0.2) is 157 Å². The van der Waals surface area contributed by atoms with E-state index < -0.39 is 0 Å². The number of hydrogen-bond donors (Lipinski definition) is 0. The predicted molar refractivity (Wildman–Crippen MR) is 242 cm³/mol. The van der Waals surface area contributed by atoms with E-state index in [0.717, 1.165) is 77.1 Å². The SMILES string of the molecule is C=C(/C=C\N=C/C)c1cc(-n2c3ccccc3c3cc(-c4ccc(C#N)cc4C#N)ccc32)c(C#N)cc1-n1c2ccccc2c2cc(-c3ccc(C#N)cc3C#N)ccc21. The van der Waals surface area contributed by atoms with Gasteiger partial charge in [-0.1, -0.05) is 67.2 Å². The molecule has 0 saturated heterocycles. The third-order valence-corrected chi connectivity index (χ3v) is 11.1. The van der Waals surface area contributed by atoms with Gasteiger partial charge < -0.3 is 9.13 Å². The van der Waals surface area contributed by atoms with Crippen LogP contribution >= 0.6 is 0 Å². The van der Waals surface area contributed by atoms with Crippen LogP contribution in [-0.4, -0.2) is 15.3 Å². The summed E-state index contributed by atoms with van der Waals surface area (Å²) in [7, 11) is 0. The van der Waals surface area contributed by atoms with Crippen molar-refractivity contribution in [2.45, 2.75) is 6.92 Å². The molecule has 8 heteroatoms. The second kappa shape index (κ2) is 15.2. The van der Waals surface area contributed by atoms with E-state index >= 15 is 0 Å². The Labute approximate surface area is 351 Å². The van der Waals surface area contributed by atoms with Crippen LogP contribution in [0.5, 0.6) is 0 Å². The normalized spacial score (nSPS) is 11.2. The van der Waals surface area contributed by atoms with E-state index in [1.807, 2.05) is 91.9 Å². The number of para-hydroxylation sites is 2. The van der Waals surface area contributed by atoms with E-state index in [9.17, 15) is 26.3 Å². The number of fused-ring (bicyclic) bond motifs is 6. The van der Waals surface area contributed by atoms with Crippen LogP contribution < -0.4 is 0 Å². The molecular weight excluding hydrogens is 749 g/mol. The number of nitrogens with zero attached hydrogens (tertiary/aromatic N) is 8. The molecule has 0 bridgehead atoms. The molecule has 9 rings (SSSR count). The number of rotatable bonds is 7. The van der Waals surface area contributed by atoms with Gasteiger partial charge in [0.1, 0.15) is 6.07 Å². The third kappa shape index (κ3) is 6.17. The highest BCUT2D eigenvalue weighted by Gasteiger charge is 2.22. The van der Waals surface area contributed by atoms with E-state index in [1.54, 1.807) is 36.7 Å². The summed E-state index contributed by atoms with van der Waals surface area (Å²) < 4.78 is 4.26. The average Bonchev–Trinajstić information content (AvgIpc) is 3.82. The van der Waals surface area contributed by atoms with Crippen molar-refractivity contribution in [3.05, 3.63) is 186 Å². The Hall–Kier alpha value is -9.26. The first kappa shape index (κ1) is 37.3. The van der Waals surface area contributed by atoms with Crippen LogP contribution in [0.25, 0.3) is 82.8 Å². The fourth-order valence-corrected chi connectivity index (χ4v) is 8.32. The number of allylic oxidation sites excluding steroid dienone is 2. The van der Waals surface area contributed by atoms with Gasteiger partial charge in [-0.15, -0.1) is 0 Å². The number of benzene rings is 7. The van der Waals surface area contributed by atoms with Crippen molar-refractivity contribution in [3.8, 4) is 64.0 Å². The molecule has 2 heterocycles. The minimum atomic E-state index is 0.413. The molecule has 0 aliphatic heterocycles. The maximum Gasteiger partial charge on any atom is 0.101 e. The molecule has 2 aromatic heterocycles. The van der Waals surface area contributed by atoms with Crippen LogP contribution in [-0.2, 0) is 0 Å². The van der Waals surface area contributed by atoms with Gasteiger partial charge in [-0.2, -0.15) is 26.3 Å². The summed E-state index contributed by atoms with van der Waals surface area (Å²) >= 11 is 0. The molecule has 0 aliphatic rings. The van der Waals surface area contributed by atoms with Crippen LogP contribution in [0.2, 0.25) is 0 Å². The van der Waals surface area contributed by atoms with E-state index in [2.05, 4.69) is 81.4 Å². The molecule has 8 nitrogen and oxygen atoms in total. The minimum Gasteiger partial charge on any atom is -0.309 e. The molecule has 7 aromatic carbocycles. The van der Waals surface area contributed by atoms with Crippen LogP contribution in [0.4, 0.5) is 0 Å². The van der Waals surface area contributed by atoms with Crippen molar-refractivity contribution in [1.29, 1.82) is 26.3 Å². The zero-order valence-corrected chi connectivity index (χ0v) is 32.7. The van der Waals surface area contributed by atoms with Gasteiger partial charge in [0.25, 0.3) is 0 Å². The molecule has 9 aromatic rings. The topological polar surface area (TPSA) is 141 Å². The highest BCUT2D eigenvalue weighted by atomic mass is 15.0. The van der Waals surface area contributed by atoms with E-state index in [-0.39, 0.29) is 0 Å². The molecule has 0 unspecified atom stereocenters. The number of hydrogen-bond acceptors (Lipinski definition) is 6. The highest BCUT2D eigenvalue weighted by molar-refractivity contribution is 6.12. The van der Waals surface area contributed by atoms with Gasteiger partial charge in [-0.05, 0) is 114 Å². The Bertz CT molecular complexity index is 3630. The summed E-state index contributed by atoms with van der Waals surface area (Å²) in [6.07, 6.45) is 5.26. The van der Waals surface area contributed by atoms with E-state index in [0.29, 0.717) is 39.1 Å². The Morgan fingerprint density at radius 1 is 0.508 bits per heavy atom. The van der Waals surface area contributed by atoms with Crippen LogP contribution in [0.3, 0.4) is 0 Å². The Morgan fingerprint density at radius 2 is 1.00 bits per heavy atom. The maximum absolute atomic E-state index is 11.0. The van der Waals surface area contributed by atoms with Gasteiger partial charge in [-0.25, -0.2) is 0 Å². The van der Waals surface area contributed by atoms with Crippen molar-refractivity contribution in [2.75, 3.05) is 0 Å². The molecule has 0 saturated carbocycles. The lowest BCUT2D eigenvalue weighted by molar-refractivity contribution is 1.13. The molecule has 0 N–H and O–H groups in total.